The van der Waals surface area contributed by atoms with Crippen LogP contribution >= 0.6 is 11.6 Å². The average molecular weight is 351 g/mol. The van der Waals surface area contributed by atoms with Crippen LogP contribution in [-0.4, -0.2) is 23.6 Å². The number of nitrogens with one attached hydrogen (secondary N) is 1. The molecule has 24 heavy (non-hydrogen) atoms. The van der Waals surface area contributed by atoms with Gasteiger partial charge in [0.05, 0.1) is 5.69 Å². The Hall–Kier alpha value is -2.34. The Morgan fingerprint density at radius 3 is 2.71 bits per heavy atom. The monoisotopic (exact) mass is 350 g/mol. The summed E-state index contributed by atoms with van der Waals surface area (Å²) in [4.78, 5) is 24.2. The van der Waals surface area contributed by atoms with Crippen molar-refractivity contribution in [1.29, 1.82) is 0 Å². The molecule has 128 valence electrons. The first-order valence-corrected chi connectivity index (χ1v) is 7.86. The van der Waals surface area contributed by atoms with Crippen molar-refractivity contribution in [3.05, 3.63) is 45.8 Å². The van der Waals surface area contributed by atoms with Gasteiger partial charge in [-0.3, -0.25) is 4.79 Å². The van der Waals surface area contributed by atoms with Gasteiger partial charge in [-0.1, -0.05) is 36.7 Å². The third-order valence-corrected chi connectivity index (χ3v) is 3.66. The molecule has 0 aliphatic carbocycles. The highest BCUT2D eigenvalue weighted by Crippen LogP contribution is 2.23. The lowest BCUT2D eigenvalue weighted by atomic mass is 10.1. The molecule has 0 atom stereocenters. The van der Waals surface area contributed by atoms with Gasteiger partial charge in [0.25, 0.3) is 5.91 Å². The maximum Gasteiger partial charge on any atom is 0.344 e. The summed E-state index contributed by atoms with van der Waals surface area (Å²) in [7, 11) is 0. The maximum atomic E-state index is 12.2. The summed E-state index contributed by atoms with van der Waals surface area (Å²) in [6.45, 7) is 6.85. The fourth-order valence-electron chi connectivity index (χ4n) is 2.15. The van der Waals surface area contributed by atoms with Crippen molar-refractivity contribution in [2.45, 2.75) is 33.6 Å². The molecular weight excluding hydrogens is 332 g/mol. The van der Waals surface area contributed by atoms with E-state index < -0.39 is 18.5 Å². The zero-order valence-corrected chi connectivity index (χ0v) is 14.7. The number of carbonyl (C=O) groups is 2. The Morgan fingerprint density at radius 2 is 2.04 bits per heavy atom. The number of aryl methyl sites for hydroxylation is 2. The van der Waals surface area contributed by atoms with Gasteiger partial charge in [0.1, 0.15) is 5.56 Å². The van der Waals surface area contributed by atoms with Crippen LogP contribution in [0, 0.1) is 13.8 Å². The van der Waals surface area contributed by atoms with E-state index in [9.17, 15) is 9.59 Å². The zero-order valence-electron chi connectivity index (χ0n) is 14.0. The number of ether oxygens (including phenoxy) is 1. The molecule has 1 heterocycles. The van der Waals surface area contributed by atoms with E-state index in [1.54, 1.807) is 25.1 Å². The van der Waals surface area contributed by atoms with Gasteiger partial charge >= 0.3 is 5.97 Å². The van der Waals surface area contributed by atoms with Crippen LogP contribution in [0.5, 0.6) is 0 Å². The molecule has 1 aromatic carbocycles. The van der Waals surface area contributed by atoms with E-state index in [0.29, 0.717) is 22.2 Å². The molecule has 0 bridgehead atoms. The average Bonchev–Trinajstić information content (AvgIpc) is 2.90. The summed E-state index contributed by atoms with van der Waals surface area (Å²) >= 11 is 5.91. The molecule has 1 aromatic heterocycles. The lowest BCUT2D eigenvalue weighted by molar-refractivity contribution is -0.119. The molecule has 6 nitrogen and oxygen atoms in total. The number of halogens is 1. The van der Waals surface area contributed by atoms with Gasteiger partial charge in [-0.15, -0.1) is 0 Å². The minimum Gasteiger partial charge on any atom is -0.452 e. The van der Waals surface area contributed by atoms with Crippen LogP contribution < -0.4 is 5.32 Å². The zero-order chi connectivity index (χ0) is 17.9. The largest absolute Gasteiger partial charge is 0.452 e. The standard InChI is InChI=1S/C17H19ClN2O4/c1-9(2)16-15(11(4)20-24-16)17(22)23-8-14(21)19-13-7-12(18)6-5-10(13)3/h5-7,9H,8H2,1-4H3,(H,19,21). The number of anilines is 1. The molecule has 0 radical (unpaired) electrons. The number of aromatic nitrogens is 1. The number of esters is 1. The molecule has 0 fully saturated rings. The third-order valence-electron chi connectivity index (χ3n) is 3.43. The normalized spacial score (nSPS) is 10.8. The fraction of sp³-hybridized carbons (Fsp3) is 0.353. The number of amides is 1. The fourth-order valence-corrected chi connectivity index (χ4v) is 2.32. The van der Waals surface area contributed by atoms with Crippen molar-refractivity contribution in [3.8, 4) is 0 Å². The topological polar surface area (TPSA) is 81.4 Å². The first-order chi connectivity index (χ1) is 11.3. The van der Waals surface area contributed by atoms with Crippen LogP contribution in [0.15, 0.2) is 22.7 Å². The lowest BCUT2D eigenvalue weighted by Gasteiger charge is -2.10. The van der Waals surface area contributed by atoms with Crippen molar-refractivity contribution >= 4 is 29.2 Å². The molecule has 0 spiro atoms. The van der Waals surface area contributed by atoms with E-state index in [1.165, 1.54) is 0 Å². The molecule has 1 N–H and O–H groups in total. The maximum absolute atomic E-state index is 12.2. The van der Waals surface area contributed by atoms with Crippen molar-refractivity contribution < 1.29 is 18.8 Å². The second kappa shape index (κ2) is 7.49. The van der Waals surface area contributed by atoms with Crippen molar-refractivity contribution in [2.24, 2.45) is 0 Å². The Labute approximate surface area is 145 Å². The molecular formula is C17H19ClN2O4. The molecule has 1 amide bonds. The number of hydrogen-bond acceptors (Lipinski definition) is 5. The van der Waals surface area contributed by atoms with Gasteiger partial charge in [0, 0.05) is 16.6 Å². The first-order valence-electron chi connectivity index (χ1n) is 7.49. The van der Waals surface area contributed by atoms with Crippen molar-refractivity contribution in [1.82, 2.24) is 5.16 Å². The summed E-state index contributed by atoms with van der Waals surface area (Å²) in [5, 5.41) is 6.96. The van der Waals surface area contributed by atoms with Gasteiger partial charge in [0.2, 0.25) is 0 Å². The second-order valence-electron chi connectivity index (χ2n) is 5.75. The molecule has 0 aliphatic heterocycles. The number of carbonyl (C=O) groups excluding carboxylic acids is 2. The molecule has 2 rings (SSSR count). The third kappa shape index (κ3) is 4.14. The van der Waals surface area contributed by atoms with E-state index in [2.05, 4.69) is 10.5 Å². The molecule has 0 saturated heterocycles. The van der Waals surface area contributed by atoms with Crippen molar-refractivity contribution in [3.63, 3.8) is 0 Å². The first kappa shape index (κ1) is 18.0. The molecule has 0 saturated carbocycles. The van der Waals surface area contributed by atoms with E-state index in [1.807, 2.05) is 20.8 Å². The van der Waals surface area contributed by atoms with Crippen LogP contribution in [0.2, 0.25) is 5.02 Å². The lowest BCUT2D eigenvalue weighted by Crippen LogP contribution is -2.22. The number of rotatable bonds is 5. The highest BCUT2D eigenvalue weighted by molar-refractivity contribution is 6.31. The molecule has 7 heteroatoms. The molecule has 2 aromatic rings. The van der Waals surface area contributed by atoms with E-state index in [0.717, 1.165) is 5.56 Å². The SMILES string of the molecule is Cc1ccc(Cl)cc1NC(=O)COC(=O)c1c(C)noc1C(C)C. The van der Waals surface area contributed by atoms with E-state index in [4.69, 9.17) is 20.9 Å². The van der Waals surface area contributed by atoms with E-state index >= 15 is 0 Å². The Balaban J connectivity index is 2.00. The minimum atomic E-state index is -0.629. The van der Waals surface area contributed by atoms with Gasteiger partial charge in [0.15, 0.2) is 12.4 Å². The number of nitrogens with zero attached hydrogens (tertiary/aromatic N) is 1. The number of benzene rings is 1. The quantitative estimate of drug-likeness (QED) is 0.828. The predicted molar refractivity (Wildman–Crippen MR) is 90.4 cm³/mol. The van der Waals surface area contributed by atoms with E-state index in [-0.39, 0.29) is 11.5 Å². The summed E-state index contributed by atoms with van der Waals surface area (Å²) in [6, 6.07) is 5.16. The Morgan fingerprint density at radius 1 is 1.33 bits per heavy atom. The van der Waals surface area contributed by atoms with Crippen LogP contribution in [0.25, 0.3) is 0 Å². The van der Waals surface area contributed by atoms with Gasteiger partial charge in [-0.2, -0.15) is 0 Å². The Kier molecular flexibility index (Phi) is 5.62. The molecule has 0 aliphatic rings. The van der Waals surface area contributed by atoms with Gasteiger partial charge in [-0.05, 0) is 31.5 Å². The van der Waals surface area contributed by atoms with Crippen LogP contribution in [0.3, 0.4) is 0 Å². The second-order valence-corrected chi connectivity index (χ2v) is 6.18. The summed E-state index contributed by atoms with van der Waals surface area (Å²) < 4.78 is 10.2. The summed E-state index contributed by atoms with van der Waals surface area (Å²) in [5.41, 5.74) is 2.15. The summed E-state index contributed by atoms with van der Waals surface area (Å²) in [6.07, 6.45) is 0. The molecule has 0 unspecified atom stereocenters. The summed E-state index contributed by atoms with van der Waals surface area (Å²) in [5.74, 6) is -0.649. The minimum absolute atomic E-state index is 0.0170. The smallest absolute Gasteiger partial charge is 0.344 e. The Bertz CT molecular complexity index is 768. The number of hydrogen-bond donors (Lipinski definition) is 1. The van der Waals surface area contributed by atoms with Crippen LogP contribution in [0.1, 0.15) is 47.1 Å². The predicted octanol–water partition coefficient (Wildman–Crippen LogP) is 3.86. The van der Waals surface area contributed by atoms with Crippen molar-refractivity contribution in [2.75, 3.05) is 11.9 Å². The van der Waals surface area contributed by atoms with Crippen LogP contribution in [-0.2, 0) is 9.53 Å². The van der Waals surface area contributed by atoms with Gasteiger partial charge < -0.3 is 14.6 Å². The van der Waals surface area contributed by atoms with Gasteiger partial charge in [-0.25, -0.2) is 4.79 Å². The highest BCUT2D eigenvalue weighted by atomic mass is 35.5. The highest BCUT2D eigenvalue weighted by Gasteiger charge is 2.24. The van der Waals surface area contributed by atoms with Crippen LogP contribution in [0.4, 0.5) is 5.69 Å².